The van der Waals surface area contributed by atoms with Crippen LogP contribution in [0, 0.1) is 6.92 Å². The van der Waals surface area contributed by atoms with Gasteiger partial charge in [0.15, 0.2) is 5.82 Å². The highest BCUT2D eigenvalue weighted by Gasteiger charge is 2.08. The molecule has 0 aliphatic heterocycles. The van der Waals surface area contributed by atoms with Crippen molar-refractivity contribution in [1.82, 2.24) is 15.1 Å². The van der Waals surface area contributed by atoms with Gasteiger partial charge in [-0.15, -0.1) is 0 Å². The Labute approximate surface area is 122 Å². The molecule has 1 N–H and O–H groups in total. The van der Waals surface area contributed by atoms with Crippen LogP contribution in [0.5, 0.6) is 0 Å². The van der Waals surface area contributed by atoms with Crippen molar-refractivity contribution >= 4 is 23.3 Å². The van der Waals surface area contributed by atoms with E-state index in [0.717, 1.165) is 17.3 Å². The van der Waals surface area contributed by atoms with E-state index in [4.69, 9.17) is 4.52 Å². The molecular formula is C15H15N5O. The van der Waals surface area contributed by atoms with Crippen LogP contribution >= 0.6 is 0 Å². The molecule has 0 atom stereocenters. The highest BCUT2D eigenvalue weighted by atomic mass is 16.5. The van der Waals surface area contributed by atoms with Crippen LogP contribution < -0.4 is 10.2 Å². The summed E-state index contributed by atoms with van der Waals surface area (Å²) >= 11 is 0. The zero-order valence-corrected chi connectivity index (χ0v) is 11.8. The second-order valence-corrected chi connectivity index (χ2v) is 4.58. The van der Waals surface area contributed by atoms with Crippen molar-refractivity contribution in [3.8, 4) is 0 Å². The van der Waals surface area contributed by atoms with Crippen LogP contribution in [0.2, 0.25) is 0 Å². The van der Waals surface area contributed by atoms with Crippen molar-refractivity contribution in [2.75, 3.05) is 17.3 Å². The Morgan fingerprint density at radius 1 is 1.14 bits per heavy atom. The second kappa shape index (κ2) is 5.62. The molecule has 0 radical (unpaired) electrons. The normalized spacial score (nSPS) is 10.4. The first kappa shape index (κ1) is 13.1. The second-order valence-electron chi connectivity index (χ2n) is 4.58. The lowest BCUT2D eigenvalue weighted by molar-refractivity contribution is 0.400. The molecule has 106 valence electrons. The van der Waals surface area contributed by atoms with Gasteiger partial charge in [-0.2, -0.15) is 4.98 Å². The minimum atomic E-state index is 0.476. The Hall–Kier alpha value is -2.89. The van der Waals surface area contributed by atoms with Crippen LogP contribution in [-0.2, 0) is 0 Å². The lowest BCUT2D eigenvalue weighted by atomic mass is 10.3. The SMILES string of the molecule is Cc1cc(Nc2nccc(N(C)c3ccccc3)n2)no1. The van der Waals surface area contributed by atoms with Crippen LogP contribution in [0.15, 0.2) is 53.2 Å². The molecule has 0 fully saturated rings. The number of rotatable bonds is 4. The van der Waals surface area contributed by atoms with Crippen molar-refractivity contribution in [2.24, 2.45) is 0 Å². The third-order valence-electron chi connectivity index (χ3n) is 3.00. The minimum absolute atomic E-state index is 0.476. The van der Waals surface area contributed by atoms with Crippen LogP contribution in [0.25, 0.3) is 0 Å². The fourth-order valence-electron chi connectivity index (χ4n) is 1.92. The Bertz CT molecular complexity index is 726. The van der Waals surface area contributed by atoms with Gasteiger partial charge in [-0.3, -0.25) is 0 Å². The molecule has 0 amide bonds. The summed E-state index contributed by atoms with van der Waals surface area (Å²) in [5, 5.41) is 6.88. The standard InChI is InChI=1S/C15H15N5O/c1-11-10-13(19-21-11)17-15-16-9-8-14(18-15)20(2)12-6-4-3-5-7-12/h3-10H,1-2H3,(H,16,17,18,19). The van der Waals surface area contributed by atoms with Crippen LogP contribution in [0.3, 0.4) is 0 Å². The van der Waals surface area contributed by atoms with Gasteiger partial charge in [0.05, 0.1) is 0 Å². The summed E-state index contributed by atoms with van der Waals surface area (Å²) in [6.45, 7) is 1.83. The largest absolute Gasteiger partial charge is 0.360 e. The smallest absolute Gasteiger partial charge is 0.230 e. The van der Waals surface area contributed by atoms with Crippen LogP contribution in [0.4, 0.5) is 23.3 Å². The van der Waals surface area contributed by atoms with Gasteiger partial charge in [-0.05, 0) is 25.1 Å². The molecule has 2 aromatic heterocycles. The zero-order valence-electron chi connectivity index (χ0n) is 11.8. The first-order valence-corrected chi connectivity index (χ1v) is 6.54. The lowest BCUT2D eigenvalue weighted by Gasteiger charge is -2.18. The maximum absolute atomic E-state index is 5.01. The number of nitrogens with one attached hydrogen (secondary N) is 1. The lowest BCUT2D eigenvalue weighted by Crippen LogP contribution is -2.12. The van der Waals surface area contributed by atoms with Gasteiger partial charge in [0.2, 0.25) is 5.95 Å². The van der Waals surface area contributed by atoms with Gasteiger partial charge in [0.1, 0.15) is 11.6 Å². The van der Waals surface area contributed by atoms with Gasteiger partial charge in [0, 0.05) is 25.0 Å². The molecule has 0 spiro atoms. The molecule has 2 heterocycles. The van der Waals surface area contributed by atoms with Gasteiger partial charge in [0.25, 0.3) is 0 Å². The number of hydrogen-bond donors (Lipinski definition) is 1. The average Bonchev–Trinajstić information content (AvgIpc) is 2.93. The summed E-state index contributed by atoms with van der Waals surface area (Å²) in [6, 6.07) is 13.7. The Morgan fingerprint density at radius 2 is 1.95 bits per heavy atom. The maximum atomic E-state index is 5.01. The molecule has 0 saturated carbocycles. The van der Waals surface area contributed by atoms with E-state index in [0.29, 0.717) is 11.8 Å². The van der Waals surface area contributed by atoms with E-state index >= 15 is 0 Å². The summed E-state index contributed by atoms with van der Waals surface area (Å²) in [5.41, 5.74) is 1.06. The highest BCUT2D eigenvalue weighted by Crippen LogP contribution is 2.22. The summed E-state index contributed by atoms with van der Waals surface area (Å²) in [4.78, 5) is 10.7. The summed E-state index contributed by atoms with van der Waals surface area (Å²) in [6.07, 6.45) is 1.71. The van der Waals surface area contributed by atoms with Gasteiger partial charge in [-0.25, -0.2) is 4.98 Å². The number of hydrogen-bond acceptors (Lipinski definition) is 6. The fourth-order valence-corrected chi connectivity index (χ4v) is 1.92. The van der Waals surface area contributed by atoms with Gasteiger partial charge >= 0.3 is 0 Å². The quantitative estimate of drug-likeness (QED) is 0.791. The minimum Gasteiger partial charge on any atom is -0.360 e. The molecule has 21 heavy (non-hydrogen) atoms. The monoisotopic (exact) mass is 281 g/mol. The van der Waals surface area contributed by atoms with Gasteiger partial charge in [-0.1, -0.05) is 23.4 Å². The van der Waals surface area contributed by atoms with E-state index in [2.05, 4.69) is 20.4 Å². The fraction of sp³-hybridized carbons (Fsp3) is 0.133. The molecule has 3 aromatic rings. The number of aryl methyl sites for hydroxylation is 1. The third kappa shape index (κ3) is 3.00. The molecule has 6 nitrogen and oxygen atoms in total. The highest BCUT2D eigenvalue weighted by molar-refractivity contribution is 5.60. The molecule has 0 aliphatic rings. The van der Waals surface area contributed by atoms with Crippen molar-refractivity contribution in [3.63, 3.8) is 0 Å². The summed E-state index contributed by atoms with van der Waals surface area (Å²) in [5.74, 6) is 2.59. The average molecular weight is 281 g/mol. The first-order chi connectivity index (χ1) is 10.2. The first-order valence-electron chi connectivity index (χ1n) is 6.54. The van der Waals surface area contributed by atoms with E-state index in [1.54, 1.807) is 12.3 Å². The number of para-hydroxylation sites is 1. The van der Waals surface area contributed by atoms with Gasteiger partial charge < -0.3 is 14.7 Å². The topological polar surface area (TPSA) is 67.1 Å². The molecule has 6 heteroatoms. The van der Waals surface area contributed by atoms with Crippen molar-refractivity contribution in [3.05, 3.63) is 54.4 Å². The van der Waals surface area contributed by atoms with E-state index in [1.807, 2.05) is 55.3 Å². The van der Waals surface area contributed by atoms with E-state index in [9.17, 15) is 0 Å². The Kier molecular flexibility index (Phi) is 3.51. The number of benzene rings is 1. The number of anilines is 4. The van der Waals surface area contributed by atoms with Crippen molar-refractivity contribution in [1.29, 1.82) is 0 Å². The third-order valence-corrected chi connectivity index (χ3v) is 3.00. The van der Waals surface area contributed by atoms with Crippen molar-refractivity contribution in [2.45, 2.75) is 6.92 Å². The zero-order chi connectivity index (χ0) is 14.7. The molecular weight excluding hydrogens is 266 g/mol. The number of nitrogens with zero attached hydrogens (tertiary/aromatic N) is 4. The predicted octanol–water partition coefficient (Wildman–Crippen LogP) is 3.28. The Morgan fingerprint density at radius 3 is 2.67 bits per heavy atom. The van der Waals surface area contributed by atoms with E-state index in [-0.39, 0.29) is 0 Å². The molecule has 0 aliphatic carbocycles. The Balaban J connectivity index is 1.83. The van der Waals surface area contributed by atoms with Crippen LogP contribution in [-0.4, -0.2) is 22.2 Å². The van der Waals surface area contributed by atoms with Crippen LogP contribution in [0.1, 0.15) is 5.76 Å². The summed E-state index contributed by atoms with van der Waals surface area (Å²) in [7, 11) is 1.96. The summed E-state index contributed by atoms with van der Waals surface area (Å²) < 4.78 is 5.01. The molecule has 3 rings (SSSR count). The van der Waals surface area contributed by atoms with Crippen molar-refractivity contribution < 1.29 is 4.52 Å². The molecule has 0 unspecified atom stereocenters. The molecule has 0 saturated heterocycles. The maximum Gasteiger partial charge on any atom is 0.230 e. The van der Waals surface area contributed by atoms with E-state index < -0.39 is 0 Å². The van der Waals surface area contributed by atoms with E-state index in [1.165, 1.54) is 0 Å². The molecule has 0 bridgehead atoms. The predicted molar refractivity (Wildman–Crippen MR) is 81.1 cm³/mol. The molecule has 1 aromatic carbocycles. The number of aromatic nitrogens is 3.